The number of nitrogens with zero attached hydrogens (tertiary/aromatic N) is 3. The maximum absolute atomic E-state index is 12.0. The highest BCUT2D eigenvalue weighted by atomic mass is 127. The molecule has 1 unspecified atom stereocenters. The standard InChI is InChI=1S/C21H41N5O2.HI/c1-17(2)19(26-10-12-28-13-11-26)15-23-21(24-16-20(27)25(3)4)22-14-18-8-6-5-7-9-18;/h17-19H,5-16H2,1-4H3,(H2,22,23,24);1H. The smallest absolute Gasteiger partial charge is 0.243 e. The van der Waals surface area contributed by atoms with E-state index in [9.17, 15) is 4.79 Å². The molecule has 0 aromatic rings. The minimum absolute atomic E-state index is 0. The van der Waals surface area contributed by atoms with Gasteiger partial charge in [0.2, 0.25) is 5.91 Å². The zero-order valence-electron chi connectivity index (χ0n) is 18.8. The van der Waals surface area contributed by atoms with Crippen molar-refractivity contribution in [3.63, 3.8) is 0 Å². The van der Waals surface area contributed by atoms with Crippen molar-refractivity contribution >= 4 is 35.8 Å². The van der Waals surface area contributed by atoms with E-state index < -0.39 is 0 Å². The first-order chi connectivity index (χ1) is 13.5. The van der Waals surface area contributed by atoms with E-state index in [4.69, 9.17) is 4.74 Å². The zero-order valence-corrected chi connectivity index (χ0v) is 21.1. The van der Waals surface area contributed by atoms with Gasteiger partial charge in [-0.15, -0.1) is 24.0 Å². The highest BCUT2D eigenvalue weighted by Gasteiger charge is 2.24. The van der Waals surface area contributed by atoms with E-state index in [1.807, 2.05) is 0 Å². The monoisotopic (exact) mass is 523 g/mol. The molecule has 8 heteroatoms. The number of likely N-dealkylation sites (N-methyl/N-ethyl adjacent to an activating group) is 1. The van der Waals surface area contributed by atoms with Gasteiger partial charge in [-0.2, -0.15) is 0 Å². The number of hydrogen-bond donors (Lipinski definition) is 2. The van der Waals surface area contributed by atoms with Crippen LogP contribution in [-0.2, 0) is 9.53 Å². The SMILES string of the molecule is CC(C)C(CNC(=NCC(=O)N(C)C)NCC1CCCCC1)N1CCOCC1.I. The fourth-order valence-corrected chi connectivity index (χ4v) is 3.99. The van der Waals surface area contributed by atoms with Crippen LogP contribution < -0.4 is 10.6 Å². The number of hydrogen-bond acceptors (Lipinski definition) is 4. The maximum Gasteiger partial charge on any atom is 0.243 e. The fraction of sp³-hybridized carbons (Fsp3) is 0.905. The highest BCUT2D eigenvalue weighted by Crippen LogP contribution is 2.22. The van der Waals surface area contributed by atoms with Crippen LogP contribution in [0, 0.1) is 11.8 Å². The number of guanidine groups is 1. The molecule has 0 bridgehead atoms. The second-order valence-electron chi connectivity index (χ2n) is 8.68. The third kappa shape index (κ3) is 9.83. The zero-order chi connectivity index (χ0) is 20.4. The second kappa shape index (κ2) is 14.4. The molecule has 1 heterocycles. The number of rotatable bonds is 8. The Morgan fingerprint density at radius 1 is 1.14 bits per heavy atom. The number of aliphatic imine (C=N–C) groups is 1. The molecule has 0 aromatic carbocycles. The summed E-state index contributed by atoms with van der Waals surface area (Å²) in [6.07, 6.45) is 6.61. The summed E-state index contributed by atoms with van der Waals surface area (Å²) in [7, 11) is 3.54. The number of ether oxygens (including phenoxy) is 1. The summed E-state index contributed by atoms with van der Waals surface area (Å²) in [4.78, 5) is 20.6. The summed E-state index contributed by atoms with van der Waals surface area (Å²) in [5.74, 6) is 2.03. The van der Waals surface area contributed by atoms with Gasteiger partial charge in [-0.05, 0) is 24.7 Å². The Morgan fingerprint density at radius 2 is 1.79 bits per heavy atom. The first-order valence-corrected chi connectivity index (χ1v) is 11.0. The molecule has 2 aliphatic rings. The predicted molar refractivity (Wildman–Crippen MR) is 130 cm³/mol. The number of carbonyl (C=O) groups excluding carboxylic acids is 1. The second-order valence-corrected chi connectivity index (χ2v) is 8.68. The molecule has 0 radical (unpaired) electrons. The molecule has 0 aromatic heterocycles. The van der Waals surface area contributed by atoms with Crippen LogP contribution in [0.1, 0.15) is 46.0 Å². The lowest BCUT2D eigenvalue weighted by Gasteiger charge is -2.37. The summed E-state index contributed by atoms with van der Waals surface area (Å²) >= 11 is 0. The van der Waals surface area contributed by atoms with Crippen LogP contribution in [0.4, 0.5) is 0 Å². The molecule has 1 amide bonds. The van der Waals surface area contributed by atoms with Crippen LogP contribution in [0.25, 0.3) is 0 Å². The van der Waals surface area contributed by atoms with Gasteiger partial charge in [0.25, 0.3) is 0 Å². The van der Waals surface area contributed by atoms with Crippen LogP contribution in [0.15, 0.2) is 4.99 Å². The summed E-state index contributed by atoms with van der Waals surface area (Å²) in [5, 5.41) is 7.02. The number of morpholine rings is 1. The largest absolute Gasteiger partial charge is 0.379 e. The first kappa shape index (κ1) is 26.4. The van der Waals surface area contributed by atoms with Crippen LogP contribution in [0.3, 0.4) is 0 Å². The Kier molecular flexibility index (Phi) is 13.1. The summed E-state index contributed by atoms with van der Waals surface area (Å²) < 4.78 is 5.51. The van der Waals surface area contributed by atoms with E-state index in [1.165, 1.54) is 32.1 Å². The fourth-order valence-electron chi connectivity index (χ4n) is 3.99. The number of amides is 1. The molecular formula is C21H42IN5O2. The number of halogens is 1. The minimum atomic E-state index is 0. The van der Waals surface area contributed by atoms with Crippen LogP contribution in [0.2, 0.25) is 0 Å². The van der Waals surface area contributed by atoms with Crippen molar-refractivity contribution < 1.29 is 9.53 Å². The maximum atomic E-state index is 12.0. The normalized spacial score (nSPS) is 20.1. The van der Waals surface area contributed by atoms with Gasteiger partial charge in [0.15, 0.2) is 5.96 Å². The van der Waals surface area contributed by atoms with Crippen molar-refractivity contribution in [2.75, 3.05) is 60.0 Å². The van der Waals surface area contributed by atoms with E-state index in [2.05, 4.69) is 34.4 Å². The van der Waals surface area contributed by atoms with Gasteiger partial charge >= 0.3 is 0 Å². The quantitative estimate of drug-likeness (QED) is 0.290. The molecule has 1 saturated heterocycles. The Labute approximate surface area is 194 Å². The Balaban J connectivity index is 0.00000420. The van der Waals surface area contributed by atoms with E-state index in [0.717, 1.165) is 45.4 Å². The molecular weight excluding hydrogens is 481 g/mol. The molecule has 2 N–H and O–H groups in total. The molecule has 1 aliphatic carbocycles. The van der Waals surface area contributed by atoms with Crippen molar-refractivity contribution in [2.24, 2.45) is 16.8 Å². The van der Waals surface area contributed by atoms with Gasteiger partial charge in [0.1, 0.15) is 6.54 Å². The van der Waals surface area contributed by atoms with E-state index in [1.54, 1.807) is 19.0 Å². The van der Waals surface area contributed by atoms with Crippen molar-refractivity contribution in [1.82, 2.24) is 20.4 Å². The van der Waals surface area contributed by atoms with E-state index in [0.29, 0.717) is 17.9 Å². The number of carbonyl (C=O) groups is 1. The van der Waals surface area contributed by atoms with Crippen LogP contribution in [-0.4, -0.2) is 87.7 Å². The van der Waals surface area contributed by atoms with Crippen molar-refractivity contribution in [3.05, 3.63) is 0 Å². The van der Waals surface area contributed by atoms with Crippen molar-refractivity contribution in [2.45, 2.75) is 52.0 Å². The molecule has 2 rings (SSSR count). The van der Waals surface area contributed by atoms with Gasteiger partial charge in [0.05, 0.1) is 13.2 Å². The third-order valence-corrected chi connectivity index (χ3v) is 5.92. The molecule has 170 valence electrons. The average Bonchev–Trinajstić information content (AvgIpc) is 2.70. The Hall–Kier alpha value is -0.610. The van der Waals surface area contributed by atoms with Crippen LogP contribution in [0.5, 0.6) is 0 Å². The van der Waals surface area contributed by atoms with Crippen molar-refractivity contribution in [1.29, 1.82) is 0 Å². The summed E-state index contributed by atoms with van der Waals surface area (Å²) in [5.41, 5.74) is 0. The van der Waals surface area contributed by atoms with Gasteiger partial charge in [-0.1, -0.05) is 33.1 Å². The van der Waals surface area contributed by atoms with Gasteiger partial charge in [0, 0.05) is 46.3 Å². The first-order valence-electron chi connectivity index (χ1n) is 11.0. The van der Waals surface area contributed by atoms with E-state index in [-0.39, 0.29) is 36.4 Å². The highest BCUT2D eigenvalue weighted by molar-refractivity contribution is 14.0. The number of nitrogens with one attached hydrogen (secondary N) is 2. The van der Waals surface area contributed by atoms with Gasteiger partial charge in [-0.25, -0.2) is 4.99 Å². The lowest BCUT2D eigenvalue weighted by atomic mass is 9.89. The van der Waals surface area contributed by atoms with Gasteiger partial charge in [-0.3, -0.25) is 9.69 Å². The van der Waals surface area contributed by atoms with Crippen molar-refractivity contribution in [3.8, 4) is 0 Å². The van der Waals surface area contributed by atoms with Crippen LogP contribution >= 0.6 is 24.0 Å². The Bertz CT molecular complexity index is 489. The topological polar surface area (TPSA) is 69.2 Å². The molecule has 1 aliphatic heterocycles. The summed E-state index contributed by atoms with van der Waals surface area (Å²) in [6, 6.07) is 0.426. The van der Waals surface area contributed by atoms with E-state index >= 15 is 0 Å². The molecule has 7 nitrogen and oxygen atoms in total. The Morgan fingerprint density at radius 3 is 2.38 bits per heavy atom. The molecule has 1 atom stereocenters. The lowest BCUT2D eigenvalue weighted by molar-refractivity contribution is -0.127. The molecule has 29 heavy (non-hydrogen) atoms. The average molecular weight is 524 g/mol. The predicted octanol–water partition coefficient (Wildman–Crippen LogP) is 2.16. The molecule has 0 spiro atoms. The molecule has 2 fully saturated rings. The third-order valence-electron chi connectivity index (χ3n) is 5.92. The summed E-state index contributed by atoms with van der Waals surface area (Å²) in [6.45, 7) is 10.0. The van der Waals surface area contributed by atoms with Gasteiger partial charge < -0.3 is 20.3 Å². The minimum Gasteiger partial charge on any atom is -0.379 e. The molecule has 1 saturated carbocycles. The lowest BCUT2D eigenvalue weighted by Crippen LogP contribution is -2.53.